The lowest BCUT2D eigenvalue weighted by atomic mass is 10.1. The molecular weight excluding hydrogens is 294 g/mol. The summed E-state index contributed by atoms with van der Waals surface area (Å²) in [5.41, 5.74) is 1.77. The van der Waals surface area contributed by atoms with Crippen molar-refractivity contribution in [2.45, 2.75) is 6.92 Å². The number of benzene rings is 1. The van der Waals surface area contributed by atoms with Gasteiger partial charge in [-0.05, 0) is 19.1 Å². The number of ether oxygens (including phenoxy) is 1. The van der Waals surface area contributed by atoms with Crippen LogP contribution in [0.2, 0.25) is 0 Å². The lowest BCUT2D eigenvalue weighted by Crippen LogP contribution is -2.04. The Morgan fingerprint density at radius 2 is 2.17 bits per heavy atom. The van der Waals surface area contributed by atoms with Crippen LogP contribution in [0.1, 0.15) is 6.92 Å². The molecule has 2 aromatic rings. The van der Waals surface area contributed by atoms with E-state index in [4.69, 9.17) is 4.74 Å². The van der Waals surface area contributed by atoms with Crippen LogP contribution in [0, 0.1) is 0 Å². The Kier molecular flexibility index (Phi) is 4.15. The molecule has 0 bridgehead atoms. The van der Waals surface area contributed by atoms with E-state index in [0.717, 1.165) is 22.3 Å². The van der Waals surface area contributed by atoms with Crippen LogP contribution < -0.4 is 10.1 Å². The summed E-state index contributed by atoms with van der Waals surface area (Å²) in [6.07, 6.45) is 1.54. The average Bonchev–Trinajstić information content (AvgIpc) is 2.39. The summed E-state index contributed by atoms with van der Waals surface area (Å²) in [6, 6.07) is 7.93. The van der Waals surface area contributed by atoms with Gasteiger partial charge in [0.1, 0.15) is 12.0 Å². The average molecular weight is 308 g/mol. The van der Waals surface area contributed by atoms with E-state index >= 15 is 0 Å². The number of nitrogens with one attached hydrogen (secondary N) is 1. The second-order valence-corrected chi connectivity index (χ2v) is 4.56. The minimum atomic E-state index is 0.664. The van der Waals surface area contributed by atoms with Gasteiger partial charge in [-0.25, -0.2) is 9.97 Å². The van der Waals surface area contributed by atoms with Gasteiger partial charge in [0, 0.05) is 16.6 Å². The molecule has 1 aromatic carbocycles. The molecule has 0 aliphatic rings. The molecule has 1 heterocycles. The van der Waals surface area contributed by atoms with Gasteiger partial charge in [-0.2, -0.15) is 0 Å². The third-order valence-electron chi connectivity index (χ3n) is 2.45. The van der Waals surface area contributed by atoms with Gasteiger partial charge in [0.05, 0.1) is 7.11 Å². The van der Waals surface area contributed by atoms with Crippen molar-refractivity contribution in [2.24, 2.45) is 0 Å². The Labute approximate surface area is 115 Å². The van der Waals surface area contributed by atoms with Crippen LogP contribution in [0.15, 0.2) is 35.1 Å². The summed E-state index contributed by atoms with van der Waals surface area (Å²) in [5, 5.41) is 3.16. The van der Waals surface area contributed by atoms with E-state index in [1.165, 1.54) is 6.33 Å². The lowest BCUT2D eigenvalue weighted by molar-refractivity contribution is 0.414. The molecule has 0 aliphatic carbocycles. The molecule has 1 aromatic heterocycles. The number of aromatic nitrogens is 2. The Morgan fingerprint density at radius 1 is 1.33 bits per heavy atom. The molecule has 0 aliphatic heterocycles. The molecule has 0 radical (unpaired) electrons. The minimum Gasteiger partial charge on any atom is -0.491 e. The zero-order valence-corrected chi connectivity index (χ0v) is 11.9. The maximum atomic E-state index is 5.42. The smallest absolute Gasteiger partial charge is 0.187 e. The Hall–Kier alpha value is -1.62. The largest absolute Gasteiger partial charge is 0.491 e. The number of hydrogen-bond donors (Lipinski definition) is 1. The fraction of sp³-hybridized carbons (Fsp3) is 0.231. The third-order valence-corrected chi connectivity index (χ3v) is 2.94. The molecule has 4 nitrogen and oxygen atoms in total. The van der Waals surface area contributed by atoms with E-state index in [1.54, 1.807) is 7.11 Å². The standard InChI is InChI=1S/C13H14BrN3O/c1-3-15-13-12(18-2)11(16-8-17-13)9-5-4-6-10(14)7-9/h4-8H,3H2,1-2H3,(H,15,16,17). The number of nitrogens with zero attached hydrogens (tertiary/aromatic N) is 2. The van der Waals surface area contributed by atoms with Gasteiger partial charge in [-0.15, -0.1) is 0 Å². The van der Waals surface area contributed by atoms with Crippen molar-refractivity contribution in [1.82, 2.24) is 9.97 Å². The van der Waals surface area contributed by atoms with Crippen molar-refractivity contribution in [3.05, 3.63) is 35.1 Å². The quantitative estimate of drug-likeness (QED) is 0.941. The summed E-state index contributed by atoms with van der Waals surface area (Å²) >= 11 is 3.46. The van der Waals surface area contributed by atoms with Crippen molar-refractivity contribution in [3.8, 4) is 17.0 Å². The third kappa shape index (κ3) is 2.61. The molecule has 0 spiro atoms. The molecule has 0 saturated carbocycles. The van der Waals surface area contributed by atoms with Crippen molar-refractivity contribution in [1.29, 1.82) is 0 Å². The first-order chi connectivity index (χ1) is 8.76. The molecule has 1 N–H and O–H groups in total. The lowest BCUT2D eigenvalue weighted by Gasteiger charge is -2.12. The number of anilines is 1. The Balaban J connectivity index is 2.53. The molecule has 5 heteroatoms. The number of hydrogen-bond acceptors (Lipinski definition) is 4. The van der Waals surface area contributed by atoms with Gasteiger partial charge in [0.25, 0.3) is 0 Å². The number of rotatable bonds is 4. The SMILES string of the molecule is CCNc1ncnc(-c2cccc(Br)c2)c1OC. The van der Waals surface area contributed by atoms with Gasteiger partial charge in [-0.3, -0.25) is 0 Å². The van der Waals surface area contributed by atoms with E-state index in [1.807, 2.05) is 31.2 Å². The van der Waals surface area contributed by atoms with Crippen LogP contribution in [0.4, 0.5) is 5.82 Å². The minimum absolute atomic E-state index is 0.664. The van der Waals surface area contributed by atoms with Gasteiger partial charge < -0.3 is 10.1 Å². The van der Waals surface area contributed by atoms with Gasteiger partial charge in [-0.1, -0.05) is 28.1 Å². The summed E-state index contributed by atoms with van der Waals surface area (Å²) in [4.78, 5) is 8.50. The van der Waals surface area contributed by atoms with Crippen LogP contribution in [0.3, 0.4) is 0 Å². The zero-order chi connectivity index (χ0) is 13.0. The van der Waals surface area contributed by atoms with Crippen LogP contribution in [-0.4, -0.2) is 23.6 Å². The molecule has 0 fully saturated rings. The highest BCUT2D eigenvalue weighted by Crippen LogP contribution is 2.33. The van der Waals surface area contributed by atoms with E-state index in [9.17, 15) is 0 Å². The summed E-state index contributed by atoms with van der Waals surface area (Å²) < 4.78 is 6.43. The molecule has 0 amide bonds. The van der Waals surface area contributed by atoms with Crippen LogP contribution in [-0.2, 0) is 0 Å². The normalized spacial score (nSPS) is 10.2. The summed E-state index contributed by atoms with van der Waals surface area (Å²) in [7, 11) is 1.63. The van der Waals surface area contributed by atoms with Crippen molar-refractivity contribution < 1.29 is 4.74 Å². The fourth-order valence-corrected chi connectivity index (χ4v) is 2.10. The van der Waals surface area contributed by atoms with E-state index in [0.29, 0.717) is 11.6 Å². The topological polar surface area (TPSA) is 47.0 Å². The van der Waals surface area contributed by atoms with Gasteiger partial charge >= 0.3 is 0 Å². The van der Waals surface area contributed by atoms with Crippen LogP contribution in [0.5, 0.6) is 5.75 Å². The molecular formula is C13H14BrN3O. The van der Waals surface area contributed by atoms with Gasteiger partial charge in [0.15, 0.2) is 11.6 Å². The maximum Gasteiger partial charge on any atom is 0.187 e. The highest BCUT2D eigenvalue weighted by molar-refractivity contribution is 9.10. The number of methoxy groups -OCH3 is 1. The van der Waals surface area contributed by atoms with Crippen molar-refractivity contribution >= 4 is 21.7 Å². The predicted octanol–water partition coefficient (Wildman–Crippen LogP) is 3.35. The number of halogens is 1. The van der Waals surface area contributed by atoms with E-state index < -0.39 is 0 Å². The zero-order valence-electron chi connectivity index (χ0n) is 10.3. The Bertz CT molecular complexity index is 546. The van der Waals surface area contributed by atoms with Crippen molar-refractivity contribution in [2.75, 3.05) is 19.0 Å². The maximum absolute atomic E-state index is 5.42. The monoisotopic (exact) mass is 307 g/mol. The summed E-state index contributed by atoms with van der Waals surface area (Å²) in [6.45, 7) is 2.80. The first-order valence-electron chi connectivity index (χ1n) is 5.65. The highest BCUT2D eigenvalue weighted by Gasteiger charge is 2.13. The van der Waals surface area contributed by atoms with Crippen LogP contribution in [0.25, 0.3) is 11.3 Å². The molecule has 2 rings (SSSR count). The Morgan fingerprint density at radius 3 is 2.83 bits per heavy atom. The first kappa shape index (κ1) is 12.8. The molecule has 18 heavy (non-hydrogen) atoms. The van der Waals surface area contributed by atoms with Crippen LogP contribution >= 0.6 is 15.9 Å². The van der Waals surface area contributed by atoms with E-state index in [2.05, 4.69) is 31.2 Å². The van der Waals surface area contributed by atoms with Crippen molar-refractivity contribution in [3.63, 3.8) is 0 Å². The summed E-state index contributed by atoms with van der Waals surface area (Å²) in [5.74, 6) is 1.38. The molecule has 0 atom stereocenters. The second-order valence-electron chi connectivity index (χ2n) is 3.64. The molecule has 94 valence electrons. The molecule has 0 saturated heterocycles. The van der Waals surface area contributed by atoms with E-state index in [-0.39, 0.29) is 0 Å². The fourth-order valence-electron chi connectivity index (χ4n) is 1.70. The predicted molar refractivity (Wildman–Crippen MR) is 75.9 cm³/mol. The highest BCUT2D eigenvalue weighted by atomic mass is 79.9. The second kappa shape index (κ2) is 5.82. The van der Waals surface area contributed by atoms with Gasteiger partial charge in [0.2, 0.25) is 0 Å². The molecule has 0 unspecified atom stereocenters. The first-order valence-corrected chi connectivity index (χ1v) is 6.44.